The molecule has 3 unspecified atom stereocenters. The zero-order chi connectivity index (χ0) is 11.9. The summed E-state index contributed by atoms with van der Waals surface area (Å²) in [5.74, 6) is 3.64. The van der Waals surface area contributed by atoms with Crippen LogP contribution in [0.15, 0.2) is 0 Å². The van der Waals surface area contributed by atoms with Gasteiger partial charge in [0.25, 0.3) is 0 Å². The zero-order valence-corrected chi connectivity index (χ0v) is 11.6. The molecule has 2 heterocycles. The van der Waals surface area contributed by atoms with Crippen LogP contribution in [0, 0.1) is 11.8 Å². The lowest BCUT2D eigenvalue weighted by Gasteiger charge is -2.43. The first-order chi connectivity index (χ1) is 8.10. The van der Waals surface area contributed by atoms with E-state index >= 15 is 0 Å². The summed E-state index contributed by atoms with van der Waals surface area (Å²) < 4.78 is 6.04. The third-order valence-electron chi connectivity index (χ3n) is 4.84. The van der Waals surface area contributed by atoms with Crippen molar-refractivity contribution < 1.29 is 9.84 Å². The highest BCUT2D eigenvalue weighted by Crippen LogP contribution is 2.47. The van der Waals surface area contributed by atoms with Crippen LogP contribution in [0.5, 0.6) is 0 Å². The lowest BCUT2D eigenvalue weighted by molar-refractivity contribution is -0.130. The van der Waals surface area contributed by atoms with Crippen molar-refractivity contribution in [1.29, 1.82) is 0 Å². The number of hydrogen-bond donors (Lipinski definition) is 1. The fourth-order valence-electron chi connectivity index (χ4n) is 3.49. The van der Waals surface area contributed by atoms with Gasteiger partial charge in [-0.3, -0.25) is 0 Å². The van der Waals surface area contributed by atoms with Crippen molar-refractivity contribution in [3.05, 3.63) is 0 Å². The van der Waals surface area contributed by atoms with E-state index in [0.717, 1.165) is 37.5 Å². The third-order valence-corrected chi connectivity index (χ3v) is 6.06. The molecule has 3 atom stereocenters. The quantitative estimate of drug-likeness (QED) is 0.842. The van der Waals surface area contributed by atoms with Gasteiger partial charge in [0.15, 0.2) is 0 Å². The first kappa shape index (κ1) is 12.3. The fraction of sp³-hybridized carbons (Fsp3) is 1.00. The Morgan fingerprint density at radius 2 is 2.24 bits per heavy atom. The average Bonchev–Trinajstić information content (AvgIpc) is 2.98. The van der Waals surface area contributed by atoms with Crippen LogP contribution in [0.4, 0.5) is 0 Å². The van der Waals surface area contributed by atoms with Crippen molar-refractivity contribution in [2.45, 2.75) is 56.7 Å². The second kappa shape index (κ2) is 4.43. The minimum Gasteiger partial charge on any atom is -0.390 e. The predicted molar refractivity (Wildman–Crippen MR) is 71.3 cm³/mol. The van der Waals surface area contributed by atoms with E-state index < -0.39 is 5.60 Å². The van der Waals surface area contributed by atoms with Gasteiger partial charge >= 0.3 is 0 Å². The highest BCUT2D eigenvalue weighted by molar-refractivity contribution is 7.99. The summed E-state index contributed by atoms with van der Waals surface area (Å²) >= 11 is 2.01. The molecular formula is C14H24O2S. The minimum atomic E-state index is -0.453. The van der Waals surface area contributed by atoms with Gasteiger partial charge in [-0.05, 0) is 50.2 Å². The first-order valence-electron chi connectivity index (χ1n) is 7.04. The van der Waals surface area contributed by atoms with Crippen molar-refractivity contribution in [2.24, 2.45) is 11.8 Å². The lowest BCUT2D eigenvalue weighted by Crippen LogP contribution is -2.47. The van der Waals surface area contributed by atoms with Crippen molar-refractivity contribution in [2.75, 3.05) is 18.1 Å². The van der Waals surface area contributed by atoms with Gasteiger partial charge in [0.2, 0.25) is 0 Å². The van der Waals surface area contributed by atoms with Crippen LogP contribution in [0.25, 0.3) is 0 Å². The average molecular weight is 256 g/mol. The first-order valence-corrected chi connectivity index (χ1v) is 8.19. The second-order valence-corrected chi connectivity index (χ2v) is 7.63. The summed E-state index contributed by atoms with van der Waals surface area (Å²) in [5, 5.41) is 10.7. The Labute approximate surface area is 108 Å². The SMILES string of the molecule is CC(O)(CC1CC1)C1CCOC2(CCSC2)C1. The largest absolute Gasteiger partial charge is 0.390 e. The van der Waals surface area contributed by atoms with Gasteiger partial charge < -0.3 is 9.84 Å². The van der Waals surface area contributed by atoms with Gasteiger partial charge in [-0.25, -0.2) is 0 Å². The van der Waals surface area contributed by atoms with Gasteiger partial charge in [0, 0.05) is 12.4 Å². The zero-order valence-electron chi connectivity index (χ0n) is 10.8. The summed E-state index contributed by atoms with van der Waals surface area (Å²) in [5.41, 5.74) is -0.341. The van der Waals surface area contributed by atoms with E-state index in [1.807, 2.05) is 11.8 Å². The standard InChI is InChI=1S/C14H24O2S/c1-13(15,8-11-2-3-11)12-4-6-16-14(9-12)5-7-17-10-14/h11-12,15H,2-10H2,1H3. The maximum atomic E-state index is 10.7. The summed E-state index contributed by atoms with van der Waals surface area (Å²) in [6, 6.07) is 0. The molecule has 1 spiro atoms. The van der Waals surface area contributed by atoms with E-state index in [9.17, 15) is 5.11 Å². The maximum absolute atomic E-state index is 10.7. The molecule has 1 aliphatic carbocycles. The van der Waals surface area contributed by atoms with E-state index in [2.05, 4.69) is 6.92 Å². The summed E-state index contributed by atoms with van der Waals surface area (Å²) in [4.78, 5) is 0. The van der Waals surface area contributed by atoms with Crippen LogP contribution < -0.4 is 0 Å². The number of thioether (sulfide) groups is 1. The fourth-order valence-corrected chi connectivity index (χ4v) is 4.87. The Hall–Kier alpha value is 0.270. The predicted octanol–water partition coefficient (Wildman–Crippen LogP) is 2.84. The van der Waals surface area contributed by atoms with Gasteiger partial charge in [0.05, 0.1) is 11.2 Å². The molecule has 1 N–H and O–H groups in total. The smallest absolute Gasteiger partial charge is 0.0784 e. The van der Waals surface area contributed by atoms with E-state index in [-0.39, 0.29) is 5.60 Å². The molecule has 0 radical (unpaired) electrons. The number of rotatable bonds is 3. The molecule has 2 saturated heterocycles. The topological polar surface area (TPSA) is 29.5 Å². The van der Waals surface area contributed by atoms with Gasteiger partial charge in [0.1, 0.15) is 0 Å². The van der Waals surface area contributed by atoms with Crippen LogP contribution >= 0.6 is 11.8 Å². The molecule has 2 aliphatic heterocycles. The van der Waals surface area contributed by atoms with Gasteiger partial charge in [-0.2, -0.15) is 11.8 Å². The monoisotopic (exact) mass is 256 g/mol. The van der Waals surface area contributed by atoms with Gasteiger partial charge in [-0.1, -0.05) is 12.8 Å². The molecule has 0 bridgehead atoms. The van der Waals surface area contributed by atoms with E-state index in [1.54, 1.807) is 0 Å². The van der Waals surface area contributed by atoms with Crippen molar-refractivity contribution in [3.8, 4) is 0 Å². The Balaban J connectivity index is 1.65. The van der Waals surface area contributed by atoms with Crippen molar-refractivity contribution in [3.63, 3.8) is 0 Å². The van der Waals surface area contributed by atoms with Crippen LogP contribution in [0.2, 0.25) is 0 Å². The van der Waals surface area contributed by atoms with Crippen LogP contribution in [-0.2, 0) is 4.74 Å². The number of aliphatic hydroxyl groups is 1. The maximum Gasteiger partial charge on any atom is 0.0784 e. The van der Waals surface area contributed by atoms with Crippen LogP contribution in [0.1, 0.15) is 45.4 Å². The lowest BCUT2D eigenvalue weighted by atomic mass is 9.74. The summed E-state index contributed by atoms with van der Waals surface area (Å²) in [7, 11) is 0. The molecule has 1 saturated carbocycles. The van der Waals surface area contributed by atoms with Crippen LogP contribution in [0.3, 0.4) is 0 Å². The Bertz CT molecular complexity index is 280. The highest BCUT2D eigenvalue weighted by atomic mass is 32.2. The molecule has 0 amide bonds. The molecule has 17 heavy (non-hydrogen) atoms. The van der Waals surface area contributed by atoms with E-state index in [1.165, 1.54) is 25.0 Å². The Morgan fingerprint density at radius 3 is 2.88 bits per heavy atom. The second-order valence-electron chi connectivity index (χ2n) is 6.53. The van der Waals surface area contributed by atoms with Crippen LogP contribution in [-0.4, -0.2) is 34.4 Å². The van der Waals surface area contributed by atoms with E-state index in [0.29, 0.717) is 5.92 Å². The third kappa shape index (κ3) is 2.66. The minimum absolute atomic E-state index is 0.112. The summed E-state index contributed by atoms with van der Waals surface area (Å²) in [6.45, 7) is 2.92. The molecule has 0 aromatic carbocycles. The molecule has 3 aliphatic rings. The highest BCUT2D eigenvalue weighted by Gasteiger charge is 2.46. The number of hydrogen-bond acceptors (Lipinski definition) is 3. The van der Waals surface area contributed by atoms with E-state index in [4.69, 9.17) is 4.74 Å². The Morgan fingerprint density at radius 1 is 1.41 bits per heavy atom. The Kier molecular flexibility index (Phi) is 3.21. The normalized spacial score (nSPS) is 41.6. The molecule has 2 nitrogen and oxygen atoms in total. The molecule has 0 aromatic heterocycles. The molecular weight excluding hydrogens is 232 g/mol. The molecule has 98 valence electrons. The molecule has 3 heteroatoms. The molecule has 3 fully saturated rings. The molecule has 0 aromatic rings. The van der Waals surface area contributed by atoms with Crippen molar-refractivity contribution in [1.82, 2.24) is 0 Å². The number of ether oxygens (including phenoxy) is 1. The molecule has 3 rings (SSSR count). The van der Waals surface area contributed by atoms with Crippen molar-refractivity contribution >= 4 is 11.8 Å². The van der Waals surface area contributed by atoms with Gasteiger partial charge in [-0.15, -0.1) is 0 Å². The summed E-state index contributed by atoms with van der Waals surface area (Å²) in [6.07, 6.45) is 7.00.